The molecule has 0 radical (unpaired) electrons. The molecule has 1 aromatic carbocycles. The molecule has 0 bridgehead atoms. The molecule has 1 aromatic heterocycles. The van der Waals surface area contributed by atoms with Crippen molar-refractivity contribution in [3.63, 3.8) is 0 Å². The highest BCUT2D eigenvalue weighted by Crippen LogP contribution is 2.52. The van der Waals surface area contributed by atoms with Crippen molar-refractivity contribution >= 4 is 35.1 Å². The number of benzene rings is 1. The van der Waals surface area contributed by atoms with E-state index in [1.165, 1.54) is 0 Å². The van der Waals surface area contributed by atoms with E-state index in [1.54, 1.807) is 23.2 Å². The fraction of sp³-hybridized carbons (Fsp3) is 0.464. The van der Waals surface area contributed by atoms with E-state index in [1.807, 2.05) is 65.0 Å². The van der Waals surface area contributed by atoms with Gasteiger partial charge in [-0.25, -0.2) is 4.79 Å². The minimum atomic E-state index is -0.782. The van der Waals surface area contributed by atoms with E-state index in [0.29, 0.717) is 35.0 Å². The SMILES string of the molecule is C=CC[C@@]1(C)C[C@H](c2cccc(Cl)c2)[C@@H](c2ccc(Cl)cn2)N(C(CC)C(=O)OC(C)(C)C)C1=O. The van der Waals surface area contributed by atoms with Crippen LogP contribution in [-0.2, 0) is 14.3 Å². The van der Waals surface area contributed by atoms with Crippen LogP contribution < -0.4 is 0 Å². The second-order valence-corrected chi connectivity index (χ2v) is 11.3. The minimum Gasteiger partial charge on any atom is -0.458 e. The van der Waals surface area contributed by atoms with Gasteiger partial charge in [-0.2, -0.15) is 0 Å². The normalized spacial score (nSPS) is 23.6. The lowest BCUT2D eigenvalue weighted by molar-refractivity contribution is -0.173. The minimum absolute atomic E-state index is 0.116. The van der Waals surface area contributed by atoms with Gasteiger partial charge in [0.15, 0.2) is 0 Å². The van der Waals surface area contributed by atoms with Crippen molar-refractivity contribution in [1.29, 1.82) is 0 Å². The lowest BCUT2D eigenvalue weighted by Gasteiger charge is -2.51. The average Bonchev–Trinajstić information content (AvgIpc) is 2.77. The highest BCUT2D eigenvalue weighted by atomic mass is 35.5. The highest BCUT2D eigenvalue weighted by molar-refractivity contribution is 6.30. The summed E-state index contributed by atoms with van der Waals surface area (Å²) in [7, 11) is 0. The van der Waals surface area contributed by atoms with Crippen LogP contribution in [0.25, 0.3) is 0 Å². The molecule has 1 aliphatic rings. The van der Waals surface area contributed by atoms with Crippen molar-refractivity contribution in [2.75, 3.05) is 0 Å². The molecule has 2 heterocycles. The van der Waals surface area contributed by atoms with Gasteiger partial charge in [-0.05, 0) is 69.9 Å². The first-order chi connectivity index (χ1) is 16.4. The Bertz CT molecular complexity index is 1080. The molecule has 4 atom stereocenters. The van der Waals surface area contributed by atoms with E-state index in [2.05, 4.69) is 11.6 Å². The molecule has 1 saturated heterocycles. The van der Waals surface area contributed by atoms with E-state index in [4.69, 9.17) is 27.9 Å². The predicted octanol–water partition coefficient (Wildman–Crippen LogP) is 7.15. The van der Waals surface area contributed by atoms with Crippen LogP contribution in [-0.4, -0.2) is 33.4 Å². The van der Waals surface area contributed by atoms with Crippen LogP contribution in [0.1, 0.15) is 77.1 Å². The topological polar surface area (TPSA) is 59.5 Å². The molecule has 5 nitrogen and oxygen atoms in total. The first-order valence-corrected chi connectivity index (χ1v) is 12.7. The molecule has 3 rings (SSSR count). The summed E-state index contributed by atoms with van der Waals surface area (Å²) in [6.45, 7) is 13.2. The summed E-state index contributed by atoms with van der Waals surface area (Å²) in [5.41, 5.74) is 0.197. The van der Waals surface area contributed by atoms with Gasteiger partial charge in [-0.3, -0.25) is 9.78 Å². The molecule has 1 unspecified atom stereocenters. The number of likely N-dealkylation sites (tertiary alicyclic amines) is 1. The second kappa shape index (κ2) is 10.7. The van der Waals surface area contributed by atoms with Gasteiger partial charge in [0, 0.05) is 17.1 Å². The standard InChI is InChI=1S/C28H34Cl2N2O3/c1-7-14-28(6)16-21(18-10-9-11-19(29)15-18)24(22-13-12-20(30)17-31-22)32(26(28)34)23(8-2)25(33)35-27(3,4)5/h7,9-13,15,17,21,23-24H,1,8,14,16H2,2-6H3/t21-,23?,24+,28+/m1/s1. The first-order valence-electron chi connectivity index (χ1n) is 11.9. The zero-order chi connectivity index (χ0) is 26.0. The van der Waals surface area contributed by atoms with Gasteiger partial charge in [0.2, 0.25) is 5.91 Å². The van der Waals surface area contributed by atoms with Gasteiger partial charge >= 0.3 is 5.97 Å². The lowest BCUT2D eigenvalue weighted by atomic mass is 9.67. The Morgan fingerprint density at radius 2 is 2.00 bits per heavy atom. The van der Waals surface area contributed by atoms with Crippen LogP contribution in [0.5, 0.6) is 0 Å². The molecule has 0 N–H and O–H groups in total. The van der Waals surface area contributed by atoms with Crippen molar-refractivity contribution < 1.29 is 14.3 Å². The third-order valence-corrected chi connectivity index (χ3v) is 6.89. The van der Waals surface area contributed by atoms with Crippen LogP contribution >= 0.6 is 23.2 Å². The second-order valence-electron chi connectivity index (χ2n) is 10.4. The van der Waals surface area contributed by atoms with Crippen LogP contribution in [0.15, 0.2) is 55.3 Å². The number of aromatic nitrogens is 1. The monoisotopic (exact) mass is 516 g/mol. The number of ether oxygens (including phenoxy) is 1. The number of piperidine rings is 1. The van der Waals surface area contributed by atoms with E-state index in [0.717, 1.165) is 5.56 Å². The maximum atomic E-state index is 14.2. The molecule has 1 amide bonds. The van der Waals surface area contributed by atoms with Crippen LogP contribution in [0.4, 0.5) is 0 Å². The number of allylic oxidation sites excluding steroid dienone is 1. The molecule has 1 fully saturated rings. The number of pyridine rings is 1. The number of carbonyl (C=O) groups is 2. The Morgan fingerprint density at radius 1 is 1.29 bits per heavy atom. The molecule has 7 heteroatoms. The average molecular weight is 517 g/mol. The Balaban J connectivity index is 2.24. The quantitative estimate of drug-likeness (QED) is 0.289. The lowest BCUT2D eigenvalue weighted by Crippen LogP contribution is -2.58. The molecule has 0 aliphatic carbocycles. The molecule has 1 aliphatic heterocycles. The molecule has 35 heavy (non-hydrogen) atoms. The number of carbonyl (C=O) groups excluding carboxylic acids is 2. The third kappa shape index (κ3) is 6.07. The van der Waals surface area contributed by atoms with Crippen LogP contribution in [0.3, 0.4) is 0 Å². The van der Waals surface area contributed by atoms with E-state index in [9.17, 15) is 9.59 Å². The maximum Gasteiger partial charge on any atom is 0.329 e. The molecule has 2 aromatic rings. The fourth-order valence-corrected chi connectivity index (χ4v) is 5.25. The van der Waals surface area contributed by atoms with Crippen molar-refractivity contribution in [3.05, 3.63) is 76.6 Å². The van der Waals surface area contributed by atoms with Gasteiger partial charge in [0.25, 0.3) is 0 Å². The summed E-state index contributed by atoms with van der Waals surface area (Å²) < 4.78 is 5.77. The van der Waals surface area contributed by atoms with Gasteiger partial charge in [0.1, 0.15) is 11.6 Å². The Labute approximate surface area is 218 Å². The largest absolute Gasteiger partial charge is 0.458 e. The van der Waals surface area contributed by atoms with Gasteiger partial charge in [-0.1, -0.05) is 55.3 Å². The predicted molar refractivity (Wildman–Crippen MR) is 140 cm³/mol. The van der Waals surface area contributed by atoms with Crippen molar-refractivity contribution in [3.8, 4) is 0 Å². The molecule has 0 spiro atoms. The fourth-order valence-electron chi connectivity index (χ4n) is 4.94. The maximum absolute atomic E-state index is 14.2. The summed E-state index contributed by atoms with van der Waals surface area (Å²) in [4.78, 5) is 33.9. The molecule has 188 valence electrons. The zero-order valence-electron chi connectivity index (χ0n) is 21.1. The van der Waals surface area contributed by atoms with Gasteiger partial charge in [-0.15, -0.1) is 6.58 Å². The van der Waals surface area contributed by atoms with Crippen molar-refractivity contribution in [2.45, 2.75) is 77.5 Å². The summed E-state index contributed by atoms with van der Waals surface area (Å²) >= 11 is 12.5. The summed E-state index contributed by atoms with van der Waals surface area (Å²) in [5, 5.41) is 1.11. The van der Waals surface area contributed by atoms with Crippen LogP contribution in [0, 0.1) is 5.41 Å². The number of halogens is 2. The Hall–Kier alpha value is -2.37. The Morgan fingerprint density at radius 3 is 2.54 bits per heavy atom. The summed E-state index contributed by atoms with van der Waals surface area (Å²) in [6, 6.07) is 9.95. The number of hydrogen-bond donors (Lipinski definition) is 0. The molecular formula is C28H34Cl2N2O3. The number of hydrogen-bond acceptors (Lipinski definition) is 4. The van der Waals surface area contributed by atoms with E-state index < -0.39 is 29.1 Å². The smallest absolute Gasteiger partial charge is 0.329 e. The van der Waals surface area contributed by atoms with E-state index >= 15 is 0 Å². The van der Waals surface area contributed by atoms with Gasteiger partial charge in [0.05, 0.1) is 22.2 Å². The van der Waals surface area contributed by atoms with E-state index in [-0.39, 0.29) is 11.8 Å². The number of rotatable bonds is 7. The summed E-state index contributed by atoms with van der Waals surface area (Å²) in [5.74, 6) is -0.711. The number of esters is 1. The Kier molecular flexibility index (Phi) is 8.33. The molecule has 0 saturated carbocycles. The third-order valence-electron chi connectivity index (χ3n) is 6.43. The number of nitrogens with zero attached hydrogens (tertiary/aromatic N) is 2. The van der Waals surface area contributed by atoms with Crippen LogP contribution in [0.2, 0.25) is 10.0 Å². The van der Waals surface area contributed by atoms with Crippen molar-refractivity contribution in [1.82, 2.24) is 9.88 Å². The van der Waals surface area contributed by atoms with Crippen molar-refractivity contribution in [2.24, 2.45) is 5.41 Å². The zero-order valence-corrected chi connectivity index (χ0v) is 22.6. The molecular weight excluding hydrogens is 483 g/mol. The number of amides is 1. The summed E-state index contributed by atoms with van der Waals surface area (Å²) in [6.07, 6.45) is 4.76. The first kappa shape index (κ1) is 27.2. The highest BCUT2D eigenvalue weighted by Gasteiger charge is 2.53. The van der Waals surface area contributed by atoms with Gasteiger partial charge < -0.3 is 9.64 Å².